The third-order valence-electron chi connectivity index (χ3n) is 3.60. The van der Waals surface area contributed by atoms with Gasteiger partial charge >= 0.3 is 6.18 Å². The summed E-state index contributed by atoms with van der Waals surface area (Å²) in [5, 5.41) is 0. The summed E-state index contributed by atoms with van der Waals surface area (Å²) >= 11 is 0. The number of alkyl halides is 3. The van der Waals surface area contributed by atoms with Crippen LogP contribution in [-0.4, -0.2) is 12.2 Å². The van der Waals surface area contributed by atoms with E-state index in [-0.39, 0.29) is 18.4 Å². The van der Waals surface area contributed by atoms with E-state index in [2.05, 4.69) is 5.43 Å². The molecule has 0 radical (unpaired) electrons. The predicted molar refractivity (Wildman–Crippen MR) is 63.7 cm³/mol. The van der Waals surface area contributed by atoms with Gasteiger partial charge in [-0.15, -0.1) is 0 Å². The fourth-order valence-electron chi connectivity index (χ4n) is 2.65. The summed E-state index contributed by atoms with van der Waals surface area (Å²) in [5.41, 5.74) is 5.01. The molecule has 0 saturated carbocycles. The van der Waals surface area contributed by atoms with Crippen LogP contribution in [-0.2, 0) is 12.8 Å². The lowest BCUT2D eigenvalue weighted by Crippen LogP contribution is -2.42. The van der Waals surface area contributed by atoms with E-state index in [1.54, 1.807) is 0 Å². The average Bonchev–Trinajstić information content (AvgIpc) is 2.71. The molecule has 100 valence electrons. The minimum absolute atomic E-state index is 0.0403. The van der Waals surface area contributed by atoms with Gasteiger partial charge in [0.15, 0.2) is 0 Å². The average molecular weight is 258 g/mol. The van der Waals surface area contributed by atoms with Crippen LogP contribution in [0.1, 0.15) is 24.0 Å². The molecule has 2 rings (SSSR count). The molecule has 0 spiro atoms. The molecule has 0 amide bonds. The van der Waals surface area contributed by atoms with Gasteiger partial charge in [0.1, 0.15) is 0 Å². The molecular weight excluding hydrogens is 241 g/mol. The first-order valence-corrected chi connectivity index (χ1v) is 6.09. The Morgan fingerprint density at radius 1 is 1.22 bits per heavy atom. The van der Waals surface area contributed by atoms with Gasteiger partial charge in [0, 0.05) is 12.5 Å². The zero-order valence-electron chi connectivity index (χ0n) is 10.0. The zero-order valence-corrected chi connectivity index (χ0v) is 10.0. The Labute approximate surface area is 104 Å². The first kappa shape index (κ1) is 13.4. The van der Waals surface area contributed by atoms with E-state index in [0.29, 0.717) is 0 Å². The summed E-state index contributed by atoms with van der Waals surface area (Å²) in [4.78, 5) is 0. The molecule has 1 unspecified atom stereocenters. The molecule has 18 heavy (non-hydrogen) atoms. The van der Waals surface area contributed by atoms with Gasteiger partial charge in [-0.25, -0.2) is 0 Å². The number of fused-ring (bicyclic) bond motifs is 1. The fraction of sp³-hybridized carbons (Fsp3) is 0.538. The smallest absolute Gasteiger partial charge is 0.271 e. The van der Waals surface area contributed by atoms with Crippen LogP contribution in [0.4, 0.5) is 13.2 Å². The summed E-state index contributed by atoms with van der Waals surface area (Å²) in [6, 6.07) is 7.71. The molecule has 0 aliphatic heterocycles. The Morgan fingerprint density at radius 2 is 1.78 bits per heavy atom. The molecule has 1 aliphatic rings. The number of hydrazine groups is 1. The third kappa shape index (κ3) is 3.23. The first-order chi connectivity index (χ1) is 8.49. The highest BCUT2D eigenvalue weighted by Crippen LogP contribution is 2.31. The lowest BCUT2D eigenvalue weighted by atomic mass is 9.93. The third-order valence-corrected chi connectivity index (χ3v) is 3.60. The van der Waals surface area contributed by atoms with Crippen LogP contribution in [0.5, 0.6) is 0 Å². The summed E-state index contributed by atoms with van der Waals surface area (Å²) in [5.74, 6) is 5.56. The maximum atomic E-state index is 12.2. The zero-order chi connectivity index (χ0) is 13.2. The first-order valence-electron chi connectivity index (χ1n) is 6.09. The van der Waals surface area contributed by atoms with E-state index in [1.807, 2.05) is 24.3 Å². The van der Waals surface area contributed by atoms with Crippen molar-refractivity contribution in [2.75, 3.05) is 0 Å². The van der Waals surface area contributed by atoms with Crippen LogP contribution in [0.2, 0.25) is 0 Å². The molecule has 1 aromatic carbocycles. The van der Waals surface area contributed by atoms with Crippen molar-refractivity contribution >= 4 is 0 Å². The van der Waals surface area contributed by atoms with Crippen molar-refractivity contribution in [3.05, 3.63) is 35.4 Å². The van der Waals surface area contributed by atoms with E-state index in [1.165, 1.54) is 11.1 Å². The molecule has 1 aromatic rings. The van der Waals surface area contributed by atoms with Gasteiger partial charge in [0.05, 0.1) is 0 Å². The highest BCUT2D eigenvalue weighted by molar-refractivity contribution is 5.32. The van der Waals surface area contributed by atoms with Crippen LogP contribution in [0.25, 0.3) is 0 Å². The molecule has 1 atom stereocenters. The molecule has 0 saturated heterocycles. The van der Waals surface area contributed by atoms with Crippen LogP contribution >= 0.6 is 0 Å². The molecule has 1 aliphatic carbocycles. The fourth-order valence-corrected chi connectivity index (χ4v) is 2.65. The predicted octanol–water partition coefficient (Wildman–Crippen LogP) is 2.58. The standard InChI is InChI=1S/C13H17F3N2/c14-13(15,16)6-5-12(18-17)11-7-9-3-1-2-4-10(9)8-11/h1-4,11-12,18H,5-8,17H2. The number of hydrogen-bond donors (Lipinski definition) is 2. The van der Waals surface area contributed by atoms with E-state index in [4.69, 9.17) is 5.84 Å². The second kappa shape index (κ2) is 5.28. The van der Waals surface area contributed by atoms with Crippen LogP contribution in [0.3, 0.4) is 0 Å². The number of rotatable bonds is 4. The van der Waals surface area contributed by atoms with Crippen molar-refractivity contribution in [2.45, 2.75) is 37.9 Å². The second-order valence-corrected chi connectivity index (χ2v) is 4.86. The quantitative estimate of drug-likeness (QED) is 0.643. The Bertz CT molecular complexity index is 378. The Hall–Kier alpha value is -1.07. The second-order valence-electron chi connectivity index (χ2n) is 4.86. The van der Waals surface area contributed by atoms with Gasteiger partial charge in [-0.2, -0.15) is 13.2 Å². The lowest BCUT2D eigenvalue weighted by molar-refractivity contribution is -0.137. The van der Waals surface area contributed by atoms with Crippen molar-refractivity contribution in [2.24, 2.45) is 11.8 Å². The molecule has 0 heterocycles. The Kier molecular flexibility index (Phi) is 3.92. The molecule has 0 fully saturated rings. The van der Waals surface area contributed by atoms with Gasteiger partial charge in [-0.05, 0) is 36.3 Å². The van der Waals surface area contributed by atoms with E-state index >= 15 is 0 Å². The molecule has 0 aromatic heterocycles. The number of nitrogens with one attached hydrogen (secondary N) is 1. The lowest BCUT2D eigenvalue weighted by Gasteiger charge is -2.23. The number of benzene rings is 1. The van der Waals surface area contributed by atoms with Gasteiger partial charge < -0.3 is 0 Å². The summed E-state index contributed by atoms with van der Waals surface area (Å²) in [6.07, 6.45) is -3.24. The van der Waals surface area contributed by atoms with Gasteiger partial charge in [-0.3, -0.25) is 11.3 Å². The van der Waals surface area contributed by atoms with Crippen molar-refractivity contribution < 1.29 is 13.2 Å². The van der Waals surface area contributed by atoms with Crippen molar-refractivity contribution in [1.82, 2.24) is 5.43 Å². The maximum Gasteiger partial charge on any atom is 0.389 e. The number of halogens is 3. The van der Waals surface area contributed by atoms with Crippen LogP contribution in [0, 0.1) is 5.92 Å². The maximum absolute atomic E-state index is 12.2. The molecular formula is C13H17F3N2. The van der Waals surface area contributed by atoms with E-state index < -0.39 is 12.6 Å². The molecule has 3 N–H and O–H groups in total. The SMILES string of the molecule is NNC(CCC(F)(F)F)C1Cc2ccccc2C1. The van der Waals surface area contributed by atoms with E-state index in [0.717, 1.165) is 12.8 Å². The van der Waals surface area contributed by atoms with Crippen molar-refractivity contribution in [1.29, 1.82) is 0 Å². The molecule has 0 bridgehead atoms. The van der Waals surface area contributed by atoms with Gasteiger partial charge in [0.25, 0.3) is 0 Å². The highest BCUT2D eigenvalue weighted by atomic mass is 19.4. The topological polar surface area (TPSA) is 38.0 Å². The number of nitrogens with two attached hydrogens (primary N) is 1. The normalized spacial score (nSPS) is 17.8. The van der Waals surface area contributed by atoms with Crippen LogP contribution in [0.15, 0.2) is 24.3 Å². The van der Waals surface area contributed by atoms with Gasteiger partial charge in [0.2, 0.25) is 0 Å². The van der Waals surface area contributed by atoms with Crippen LogP contribution < -0.4 is 11.3 Å². The number of hydrogen-bond acceptors (Lipinski definition) is 2. The largest absolute Gasteiger partial charge is 0.389 e. The Balaban J connectivity index is 1.96. The highest BCUT2D eigenvalue weighted by Gasteiger charge is 2.32. The monoisotopic (exact) mass is 258 g/mol. The van der Waals surface area contributed by atoms with Crippen molar-refractivity contribution in [3.8, 4) is 0 Å². The van der Waals surface area contributed by atoms with Crippen molar-refractivity contribution in [3.63, 3.8) is 0 Å². The Morgan fingerprint density at radius 3 is 2.22 bits per heavy atom. The minimum atomic E-state index is -4.11. The van der Waals surface area contributed by atoms with E-state index in [9.17, 15) is 13.2 Å². The summed E-state index contributed by atoms with van der Waals surface area (Å²) < 4.78 is 36.7. The minimum Gasteiger partial charge on any atom is -0.271 e. The van der Waals surface area contributed by atoms with Gasteiger partial charge in [-0.1, -0.05) is 24.3 Å². The summed E-state index contributed by atoms with van der Waals surface area (Å²) in [7, 11) is 0. The molecule has 5 heteroatoms. The molecule has 2 nitrogen and oxygen atoms in total. The summed E-state index contributed by atoms with van der Waals surface area (Å²) in [6.45, 7) is 0.